The Morgan fingerprint density at radius 2 is 1.77 bits per heavy atom. The molecule has 8 heteroatoms. The highest BCUT2D eigenvalue weighted by molar-refractivity contribution is 6.35. The van der Waals surface area contributed by atoms with E-state index in [1.807, 2.05) is 0 Å². The molecule has 0 atom stereocenters. The molecule has 164 valence electrons. The molecule has 0 saturated heterocycles. The second-order valence-corrected chi connectivity index (χ2v) is 8.97. The molecule has 0 unspecified atom stereocenters. The fourth-order valence-corrected chi connectivity index (χ4v) is 3.14. The predicted octanol–water partition coefficient (Wildman–Crippen LogP) is 5.55. The first-order chi connectivity index (χ1) is 14.7. The fraction of sp³-hybridized carbons (Fsp3) is 0.304. The van der Waals surface area contributed by atoms with Gasteiger partial charge in [0.05, 0.1) is 19.4 Å². The van der Waals surface area contributed by atoms with Crippen LogP contribution in [0.4, 0.5) is 0 Å². The molecule has 0 aliphatic carbocycles. The molecule has 3 aromatic rings. The summed E-state index contributed by atoms with van der Waals surface area (Å²) in [5, 5.41) is 1.03. The first-order valence-electron chi connectivity index (χ1n) is 9.64. The molecule has 2 aromatic carbocycles. The van der Waals surface area contributed by atoms with Crippen molar-refractivity contribution in [3.8, 4) is 23.1 Å². The second-order valence-electron chi connectivity index (χ2n) is 8.13. The Labute approximate surface area is 191 Å². The minimum absolute atomic E-state index is 0.0105. The van der Waals surface area contributed by atoms with Crippen molar-refractivity contribution < 1.29 is 14.2 Å². The summed E-state index contributed by atoms with van der Waals surface area (Å²) in [6.45, 7) is 6.96. The summed E-state index contributed by atoms with van der Waals surface area (Å²) in [5.74, 6) is 1.35. The van der Waals surface area contributed by atoms with E-state index in [2.05, 4.69) is 25.8 Å². The maximum absolute atomic E-state index is 12.6. The predicted molar refractivity (Wildman–Crippen MR) is 122 cm³/mol. The summed E-state index contributed by atoms with van der Waals surface area (Å²) in [5.41, 5.74) is 0.874. The maximum Gasteiger partial charge on any atom is 0.355 e. The molecular formula is C23H24Cl2N2O4. The molecule has 0 saturated carbocycles. The lowest BCUT2D eigenvalue weighted by Crippen LogP contribution is -2.21. The highest BCUT2D eigenvalue weighted by Crippen LogP contribution is 2.30. The molecule has 0 spiro atoms. The Balaban J connectivity index is 1.77. The van der Waals surface area contributed by atoms with Crippen LogP contribution in [0.3, 0.4) is 0 Å². The van der Waals surface area contributed by atoms with E-state index in [0.29, 0.717) is 33.8 Å². The van der Waals surface area contributed by atoms with Crippen LogP contribution in [0, 0.1) is 5.41 Å². The third kappa shape index (κ3) is 6.15. The van der Waals surface area contributed by atoms with Crippen LogP contribution in [-0.2, 0) is 6.61 Å². The molecule has 0 radical (unpaired) electrons. The second kappa shape index (κ2) is 9.62. The van der Waals surface area contributed by atoms with Crippen LogP contribution in [0.2, 0.25) is 10.0 Å². The van der Waals surface area contributed by atoms with E-state index in [-0.39, 0.29) is 17.9 Å². The number of nitrogens with zero attached hydrogens (tertiary/aromatic N) is 2. The average Bonchev–Trinajstić information content (AvgIpc) is 2.71. The van der Waals surface area contributed by atoms with Crippen LogP contribution in [-0.4, -0.2) is 23.3 Å². The fourth-order valence-electron chi connectivity index (χ4n) is 2.67. The number of benzene rings is 2. The zero-order chi connectivity index (χ0) is 22.6. The van der Waals surface area contributed by atoms with Crippen LogP contribution in [0.5, 0.6) is 17.4 Å². The third-order valence-corrected chi connectivity index (χ3v) is 4.84. The molecule has 0 bridgehead atoms. The standard InChI is InChI=1S/C23H24Cl2N2O4/c1-23(2,3)14-31-19-8-7-17(12-20(19)29-4)27-10-9-21(26-22(27)28)30-13-15-5-6-16(24)11-18(15)25/h5-12H,13-14H2,1-4H3. The number of aromatic nitrogens is 2. The van der Waals surface area contributed by atoms with Crippen LogP contribution in [0.25, 0.3) is 5.69 Å². The molecule has 1 aromatic heterocycles. The van der Waals surface area contributed by atoms with Crippen LogP contribution >= 0.6 is 23.2 Å². The largest absolute Gasteiger partial charge is 0.493 e. The van der Waals surface area contributed by atoms with Gasteiger partial charge in [0.2, 0.25) is 5.88 Å². The van der Waals surface area contributed by atoms with Gasteiger partial charge in [0, 0.05) is 33.9 Å². The topological polar surface area (TPSA) is 62.6 Å². The number of rotatable bonds is 7. The smallest absolute Gasteiger partial charge is 0.355 e. The molecule has 0 fully saturated rings. The van der Waals surface area contributed by atoms with E-state index in [1.54, 1.807) is 55.8 Å². The van der Waals surface area contributed by atoms with E-state index >= 15 is 0 Å². The van der Waals surface area contributed by atoms with E-state index < -0.39 is 5.69 Å². The van der Waals surface area contributed by atoms with Gasteiger partial charge < -0.3 is 14.2 Å². The zero-order valence-corrected chi connectivity index (χ0v) is 19.3. The van der Waals surface area contributed by atoms with Gasteiger partial charge in [-0.25, -0.2) is 4.79 Å². The maximum atomic E-state index is 12.6. The lowest BCUT2D eigenvalue weighted by Gasteiger charge is -2.20. The third-order valence-electron chi connectivity index (χ3n) is 4.25. The van der Waals surface area contributed by atoms with E-state index in [1.165, 1.54) is 4.57 Å². The van der Waals surface area contributed by atoms with Crippen LogP contribution in [0.1, 0.15) is 26.3 Å². The highest BCUT2D eigenvalue weighted by atomic mass is 35.5. The SMILES string of the molecule is COc1cc(-n2ccc(OCc3ccc(Cl)cc3Cl)nc2=O)ccc1OCC(C)(C)C. The number of hydrogen-bond donors (Lipinski definition) is 0. The van der Waals surface area contributed by atoms with Crippen molar-refractivity contribution in [1.82, 2.24) is 9.55 Å². The Kier molecular flexibility index (Phi) is 7.13. The van der Waals surface area contributed by atoms with Gasteiger partial charge in [0.1, 0.15) is 6.61 Å². The van der Waals surface area contributed by atoms with Crippen molar-refractivity contribution in [3.05, 3.63) is 74.8 Å². The van der Waals surface area contributed by atoms with E-state index in [4.69, 9.17) is 37.4 Å². The van der Waals surface area contributed by atoms with Gasteiger partial charge in [-0.15, -0.1) is 0 Å². The number of hydrogen-bond acceptors (Lipinski definition) is 5. The minimum atomic E-state index is -0.481. The average molecular weight is 463 g/mol. The molecular weight excluding hydrogens is 439 g/mol. The molecule has 0 N–H and O–H groups in total. The molecule has 0 aliphatic rings. The van der Waals surface area contributed by atoms with Crippen molar-refractivity contribution in [2.24, 2.45) is 5.41 Å². The van der Waals surface area contributed by atoms with Gasteiger partial charge in [0.15, 0.2) is 11.5 Å². The lowest BCUT2D eigenvalue weighted by molar-refractivity contribution is 0.191. The van der Waals surface area contributed by atoms with Gasteiger partial charge in [-0.2, -0.15) is 4.98 Å². The molecule has 1 heterocycles. The van der Waals surface area contributed by atoms with E-state index in [0.717, 1.165) is 5.56 Å². The molecule has 3 rings (SSSR count). The van der Waals surface area contributed by atoms with Crippen molar-refractivity contribution in [2.45, 2.75) is 27.4 Å². The van der Waals surface area contributed by atoms with Gasteiger partial charge in [0.25, 0.3) is 0 Å². The molecule has 6 nitrogen and oxygen atoms in total. The summed E-state index contributed by atoms with van der Waals surface area (Å²) in [6, 6.07) is 12.0. The van der Waals surface area contributed by atoms with Crippen molar-refractivity contribution in [1.29, 1.82) is 0 Å². The summed E-state index contributed by atoms with van der Waals surface area (Å²) in [7, 11) is 1.56. The van der Waals surface area contributed by atoms with Gasteiger partial charge in [-0.05, 0) is 29.7 Å². The zero-order valence-electron chi connectivity index (χ0n) is 17.8. The van der Waals surface area contributed by atoms with Gasteiger partial charge in [-0.3, -0.25) is 4.57 Å². The quantitative estimate of drug-likeness (QED) is 0.460. The Morgan fingerprint density at radius 3 is 2.42 bits per heavy atom. The summed E-state index contributed by atoms with van der Waals surface area (Å²) in [6.07, 6.45) is 1.60. The van der Waals surface area contributed by atoms with Crippen molar-refractivity contribution in [2.75, 3.05) is 13.7 Å². The van der Waals surface area contributed by atoms with Gasteiger partial charge >= 0.3 is 5.69 Å². The normalized spacial score (nSPS) is 11.3. The summed E-state index contributed by atoms with van der Waals surface area (Å²) >= 11 is 12.0. The summed E-state index contributed by atoms with van der Waals surface area (Å²) < 4.78 is 18.3. The van der Waals surface area contributed by atoms with Gasteiger partial charge in [-0.1, -0.05) is 50.0 Å². The first-order valence-corrected chi connectivity index (χ1v) is 10.4. The van der Waals surface area contributed by atoms with E-state index in [9.17, 15) is 4.79 Å². The number of halogens is 2. The lowest BCUT2D eigenvalue weighted by atomic mass is 9.99. The Morgan fingerprint density at radius 1 is 1.00 bits per heavy atom. The number of ether oxygens (including phenoxy) is 3. The van der Waals surface area contributed by atoms with Crippen LogP contribution < -0.4 is 19.9 Å². The molecule has 0 amide bonds. The molecule has 31 heavy (non-hydrogen) atoms. The van der Waals surface area contributed by atoms with Crippen molar-refractivity contribution in [3.63, 3.8) is 0 Å². The Hall–Kier alpha value is -2.70. The number of methoxy groups -OCH3 is 1. The monoisotopic (exact) mass is 462 g/mol. The first kappa shape index (κ1) is 23.0. The summed E-state index contributed by atoms with van der Waals surface area (Å²) in [4.78, 5) is 16.6. The minimum Gasteiger partial charge on any atom is -0.493 e. The molecule has 0 aliphatic heterocycles. The van der Waals surface area contributed by atoms with Crippen molar-refractivity contribution >= 4 is 23.2 Å². The Bertz CT molecular complexity index is 1120. The highest BCUT2D eigenvalue weighted by Gasteiger charge is 2.14. The van der Waals surface area contributed by atoms with Crippen LogP contribution in [0.15, 0.2) is 53.5 Å².